The maximum atomic E-state index is 12.3. The molecule has 0 atom stereocenters. The van der Waals surface area contributed by atoms with E-state index in [0.717, 1.165) is 23.2 Å². The van der Waals surface area contributed by atoms with E-state index in [9.17, 15) is 4.79 Å². The number of para-hydroxylation sites is 1. The van der Waals surface area contributed by atoms with Crippen LogP contribution in [0.25, 0.3) is 11.4 Å². The van der Waals surface area contributed by atoms with E-state index in [4.69, 9.17) is 9.47 Å². The Morgan fingerprint density at radius 2 is 1.89 bits per heavy atom. The number of rotatable bonds is 7. The van der Waals surface area contributed by atoms with Gasteiger partial charge in [-0.2, -0.15) is 4.80 Å². The molecule has 1 N–H and O–H groups in total. The highest BCUT2D eigenvalue weighted by Crippen LogP contribution is 2.30. The molecule has 0 aliphatic rings. The van der Waals surface area contributed by atoms with Gasteiger partial charge in [-0.25, -0.2) is 0 Å². The summed E-state index contributed by atoms with van der Waals surface area (Å²) in [4.78, 5) is 13.6. The smallest absolute Gasteiger partial charge is 0.248 e. The van der Waals surface area contributed by atoms with Crippen molar-refractivity contribution in [3.63, 3.8) is 0 Å². The molecule has 0 radical (unpaired) electrons. The van der Waals surface area contributed by atoms with E-state index >= 15 is 0 Å². The van der Waals surface area contributed by atoms with Crippen molar-refractivity contribution in [2.45, 2.75) is 19.9 Å². The van der Waals surface area contributed by atoms with E-state index in [1.807, 2.05) is 31.2 Å². The third-order valence-electron chi connectivity index (χ3n) is 4.05. The Labute approximate surface area is 157 Å². The van der Waals surface area contributed by atoms with E-state index in [-0.39, 0.29) is 12.5 Å². The van der Waals surface area contributed by atoms with Gasteiger partial charge in [0.1, 0.15) is 6.54 Å². The zero-order valence-electron chi connectivity index (χ0n) is 15.5. The number of aryl methyl sites for hydroxylation is 1. The van der Waals surface area contributed by atoms with E-state index in [1.54, 1.807) is 32.4 Å². The van der Waals surface area contributed by atoms with Gasteiger partial charge in [-0.1, -0.05) is 25.1 Å². The van der Waals surface area contributed by atoms with Crippen LogP contribution in [0, 0.1) is 0 Å². The molecule has 1 aromatic heterocycles. The van der Waals surface area contributed by atoms with Crippen LogP contribution in [0.15, 0.2) is 42.5 Å². The van der Waals surface area contributed by atoms with Crippen molar-refractivity contribution in [2.75, 3.05) is 19.5 Å². The first-order valence-corrected chi connectivity index (χ1v) is 8.52. The number of carbonyl (C=O) groups excluding carboxylic acids is 1. The Balaban J connectivity index is 1.71. The number of hydrogen-bond donors (Lipinski definition) is 1. The normalized spacial score (nSPS) is 10.5. The van der Waals surface area contributed by atoms with Gasteiger partial charge in [0.05, 0.1) is 14.2 Å². The molecule has 2 aromatic carbocycles. The highest BCUT2D eigenvalue weighted by molar-refractivity contribution is 5.91. The molecule has 3 aromatic rings. The monoisotopic (exact) mass is 367 g/mol. The quantitative estimate of drug-likeness (QED) is 0.690. The first-order chi connectivity index (χ1) is 13.1. The largest absolute Gasteiger partial charge is 0.493 e. The fraction of sp³-hybridized carbons (Fsp3) is 0.263. The van der Waals surface area contributed by atoms with Gasteiger partial charge in [0.15, 0.2) is 11.5 Å². The number of anilines is 1. The average molecular weight is 367 g/mol. The number of methoxy groups -OCH3 is 2. The minimum Gasteiger partial charge on any atom is -0.493 e. The van der Waals surface area contributed by atoms with Crippen molar-refractivity contribution < 1.29 is 14.3 Å². The number of nitrogens with one attached hydrogen (secondary N) is 1. The number of benzene rings is 2. The Bertz CT molecular complexity index is 939. The summed E-state index contributed by atoms with van der Waals surface area (Å²) in [6.07, 6.45) is 0.835. The highest BCUT2D eigenvalue weighted by Gasteiger charge is 2.13. The topological polar surface area (TPSA) is 91.2 Å². The van der Waals surface area contributed by atoms with Gasteiger partial charge in [-0.05, 0) is 41.5 Å². The number of nitrogens with zero attached hydrogens (tertiary/aromatic N) is 4. The minimum atomic E-state index is -0.216. The number of ether oxygens (including phenoxy) is 2. The molecule has 27 heavy (non-hydrogen) atoms. The van der Waals surface area contributed by atoms with Crippen LogP contribution in [0.3, 0.4) is 0 Å². The van der Waals surface area contributed by atoms with Gasteiger partial charge in [-0.15, -0.1) is 10.2 Å². The summed E-state index contributed by atoms with van der Waals surface area (Å²) in [7, 11) is 3.13. The molecule has 0 aliphatic heterocycles. The molecule has 8 heteroatoms. The van der Waals surface area contributed by atoms with Crippen molar-refractivity contribution in [2.24, 2.45) is 0 Å². The first kappa shape index (κ1) is 18.4. The molecule has 8 nitrogen and oxygen atoms in total. The predicted octanol–water partition coefficient (Wildman–Crippen LogP) is 2.56. The van der Waals surface area contributed by atoms with Crippen LogP contribution in [0.5, 0.6) is 11.5 Å². The third kappa shape index (κ3) is 4.22. The van der Waals surface area contributed by atoms with Gasteiger partial charge in [0.25, 0.3) is 0 Å². The molecule has 0 fully saturated rings. The Kier molecular flexibility index (Phi) is 5.65. The summed E-state index contributed by atoms with van der Waals surface area (Å²) in [5.74, 6) is 1.37. The molecule has 0 aliphatic carbocycles. The lowest BCUT2D eigenvalue weighted by molar-refractivity contribution is -0.117. The van der Waals surface area contributed by atoms with Crippen LogP contribution in [-0.2, 0) is 17.8 Å². The lowest BCUT2D eigenvalue weighted by Gasteiger charge is -2.09. The van der Waals surface area contributed by atoms with Crippen LogP contribution in [0.4, 0.5) is 5.69 Å². The maximum Gasteiger partial charge on any atom is 0.248 e. The zero-order valence-corrected chi connectivity index (χ0v) is 15.5. The maximum absolute atomic E-state index is 12.3. The summed E-state index contributed by atoms with van der Waals surface area (Å²) in [6.45, 7) is 2.01. The molecule has 0 saturated heterocycles. The molecule has 1 heterocycles. The molecule has 140 valence electrons. The van der Waals surface area contributed by atoms with Crippen molar-refractivity contribution in [1.29, 1.82) is 0 Å². The number of carbonyl (C=O) groups is 1. The SMILES string of the molecule is CCc1ccccc1NC(=O)Cn1nnc(-c2ccc(OC)c(OC)c2)n1. The van der Waals surface area contributed by atoms with E-state index in [0.29, 0.717) is 17.3 Å². The van der Waals surface area contributed by atoms with Crippen molar-refractivity contribution >= 4 is 11.6 Å². The van der Waals surface area contributed by atoms with Crippen LogP contribution in [-0.4, -0.2) is 40.3 Å². The first-order valence-electron chi connectivity index (χ1n) is 8.52. The lowest BCUT2D eigenvalue weighted by Crippen LogP contribution is -2.21. The number of aromatic nitrogens is 4. The summed E-state index contributed by atoms with van der Waals surface area (Å²) in [5, 5.41) is 15.1. The second-order valence-electron chi connectivity index (χ2n) is 5.77. The second-order valence-corrected chi connectivity index (χ2v) is 5.77. The zero-order chi connectivity index (χ0) is 19.2. The van der Waals surface area contributed by atoms with Gasteiger partial charge >= 0.3 is 0 Å². The predicted molar refractivity (Wildman–Crippen MR) is 101 cm³/mol. The minimum absolute atomic E-state index is 0.0294. The molecule has 0 unspecified atom stereocenters. The Morgan fingerprint density at radius 3 is 2.63 bits per heavy atom. The number of tetrazole rings is 1. The summed E-state index contributed by atoms with van der Waals surface area (Å²) >= 11 is 0. The summed E-state index contributed by atoms with van der Waals surface area (Å²) in [5.41, 5.74) is 2.59. The molecule has 3 rings (SSSR count). The average Bonchev–Trinajstić information content (AvgIpc) is 3.16. The highest BCUT2D eigenvalue weighted by atomic mass is 16.5. The Morgan fingerprint density at radius 1 is 1.11 bits per heavy atom. The van der Waals surface area contributed by atoms with Crippen molar-refractivity contribution in [1.82, 2.24) is 20.2 Å². The second kappa shape index (κ2) is 8.31. The van der Waals surface area contributed by atoms with Crippen molar-refractivity contribution in [3.05, 3.63) is 48.0 Å². The molecule has 0 spiro atoms. The molecule has 0 bridgehead atoms. The number of amides is 1. The summed E-state index contributed by atoms with van der Waals surface area (Å²) in [6, 6.07) is 13.0. The van der Waals surface area contributed by atoms with E-state index in [2.05, 4.69) is 20.7 Å². The molecule has 1 amide bonds. The van der Waals surface area contributed by atoms with Crippen LogP contribution in [0.1, 0.15) is 12.5 Å². The Hall–Kier alpha value is -3.42. The summed E-state index contributed by atoms with van der Waals surface area (Å²) < 4.78 is 10.5. The molecule has 0 saturated carbocycles. The van der Waals surface area contributed by atoms with Crippen molar-refractivity contribution in [3.8, 4) is 22.9 Å². The van der Waals surface area contributed by atoms with E-state index < -0.39 is 0 Å². The van der Waals surface area contributed by atoms with E-state index in [1.165, 1.54) is 4.80 Å². The number of hydrogen-bond acceptors (Lipinski definition) is 6. The van der Waals surface area contributed by atoms with Crippen LogP contribution in [0.2, 0.25) is 0 Å². The third-order valence-corrected chi connectivity index (χ3v) is 4.05. The van der Waals surface area contributed by atoms with Gasteiger partial charge < -0.3 is 14.8 Å². The lowest BCUT2D eigenvalue weighted by atomic mass is 10.1. The molecular formula is C19H21N5O3. The molecular weight excluding hydrogens is 346 g/mol. The fourth-order valence-electron chi connectivity index (χ4n) is 2.67. The fourth-order valence-corrected chi connectivity index (χ4v) is 2.67. The van der Waals surface area contributed by atoms with Crippen LogP contribution >= 0.6 is 0 Å². The van der Waals surface area contributed by atoms with Gasteiger partial charge in [0, 0.05) is 11.3 Å². The van der Waals surface area contributed by atoms with Crippen LogP contribution < -0.4 is 14.8 Å². The van der Waals surface area contributed by atoms with Gasteiger partial charge in [-0.3, -0.25) is 4.79 Å². The standard InChI is InChI=1S/C19H21N5O3/c1-4-13-7-5-6-8-15(13)20-18(25)12-24-22-19(21-23-24)14-9-10-16(26-2)17(11-14)27-3/h5-11H,4,12H2,1-3H3,(H,20,25). The van der Waals surface area contributed by atoms with Gasteiger partial charge in [0.2, 0.25) is 11.7 Å².